The van der Waals surface area contributed by atoms with E-state index < -0.39 is 97.2 Å². The van der Waals surface area contributed by atoms with Crippen LogP contribution in [0.2, 0.25) is 0 Å². The van der Waals surface area contributed by atoms with Crippen LogP contribution in [0, 0.1) is 50.2 Å². The molecule has 4 saturated carbocycles. The Morgan fingerprint density at radius 1 is 0.719 bits per heavy atom. The zero-order valence-electron chi connectivity index (χ0n) is 34.5. The highest BCUT2D eigenvalue weighted by molar-refractivity contribution is 5.76. The third kappa shape index (κ3) is 6.35. The van der Waals surface area contributed by atoms with Crippen LogP contribution in [0.3, 0.4) is 0 Å². The number of rotatable bonds is 8. The number of carbonyl (C=O) groups is 1. The van der Waals surface area contributed by atoms with Crippen molar-refractivity contribution in [3.05, 3.63) is 11.6 Å². The third-order valence-electron chi connectivity index (χ3n) is 17.5. The van der Waals surface area contributed by atoms with Gasteiger partial charge in [0.25, 0.3) is 0 Å². The summed E-state index contributed by atoms with van der Waals surface area (Å²) in [5.74, 6) is -2.42. The van der Waals surface area contributed by atoms with E-state index in [1.807, 2.05) is 13.8 Å². The summed E-state index contributed by atoms with van der Waals surface area (Å²) in [7, 11) is 0. The van der Waals surface area contributed by atoms with E-state index in [4.69, 9.17) is 24.0 Å². The van der Waals surface area contributed by atoms with Crippen molar-refractivity contribution in [2.45, 2.75) is 180 Å². The fourth-order valence-corrected chi connectivity index (χ4v) is 13.6. The standard InChI is InChI=1S/C42H68O15/c1-36(2)12-15-41(35(51)52)16-14-39(6)21(22(41)18-36)8-9-26-38(5)13-17-42(37(3,4)25(38)10-11-40(26,39)7,55-33-31(49)29(47)27(45)23(19-43)53-33)57-56-34-32(50)30(48)28(46)24(20-44)54-34/h8,22-34,43-50H,9-20H2,1-7H3,(H,51,52)/t22-,23+,24+,25-,26+,27+,28+,29-,30-,31+,32+,33?,34?,38-,39+,40+,41-,42-/m0/s1. The second-order valence-electron chi connectivity index (χ2n) is 20.8. The van der Waals surface area contributed by atoms with Gasteiger partial charge in [0.2, 0.25) is 12.1 Å². The molecule has 18 atom stereocenters. The summed E-state index contributed by atoms with van der Waals surface area (Å²) in [6.07, 6.45) is -6.83. The maximum Gasteiger partial charge on any atom is 0.310 e. The molecule has 0 radical (unpaired) electrons. The number of allylic oxidation sites excluding steroid dienone is 2. The largest absolute Gasteiger partial charge is 0.481 e. The van der Waals surface area contributed by atoms with E-state index in [0.717, 1.165) is 38.5 Å². The van der Waals surface area contributed by atoms with Crippen LogP contribution in [-0.4, -0.2) is 132 Å². The van der Waals surface area contributed by atoms with E-state index in [1.54, 1.807) is 0 Å². The van der Waals surface area contributed by atoms with E-state index in [0.29, 0.717) is 19.3 Å². The Hall–Kier alpha value is -1.31. The quantitative estimate of drug-likeness (QED) is 0.0561. The lowest BCUT2D eigenvalue weighted by molar-refractivity contribution is -0.540. The Labute approximate surface area is 335 Å². The molecule has 0 aromatic rings. The maximum atomic E-state index is 13.1. The van der Waals surface area contributed by atoms with Gasteiger partial charge in [-0.15, -0.1) is 0 Å². The molecule has 7 rings (SSSR count). The summed E-state index contributed by atoms with van der Waals surface area (Å²) >= 11 is 0. The molecule has 15 nitrogen and oxygen atoms in total. The smallest absolute Gasteiger partial charge is 0.310 e. The molecule has 6 fully saturated rings. The summed E-state index contributed by atoms with van der Waals surface area (Å²) in [5, 5.41) is 94.8. The lowest BCUT2D eigenvalue weighted by Gasteiger charge is -2.72. The first-order chi connectivity index (χ1) is 26.5. The molecule has 5 aliphatic carbocycles. The molecule has 7 aliphatic rings. The van der Waals surface area contributed by atoms with Gasteiger partial charge in [0.15, 0.2) is 6.29 Å². The Morgan fingerprint density at radius 2 is 1.30 bits per heavy atom. The van der Waals surface area contributed by atoms with Crippen LogP contribution in [0.25, 0.3) is 0 Å². The Balaban J connectivity index is 1.24. The highest BCUT2D eigenvalue weighted by Crippen LogP contribution is 2.77. The normalized spacial score (nSPS) is 53.0. The zero-order valence-corrected chi connectivity index (χ0v) is 34.5. The fraction of sp³-hybridized carbons (Fsp3) is 0.929. The summed E-state index contributed by atoms with van der Waals surface area (Å²) < 4.78 is 18.1. The fourth-order valence-electron chi connectivity index (χ4n) is 13.6. The molecule has 0 aromatic carbocycles. The summed E-state index contributed by atoms with van der Waals surface area (Å²) in [6.45, 7) is 14.2. The highest BCUT2D eigenvalue weighted by atomic mass is 17.3. The van der Waals surface area contributed by atoms with E-state index in [2.05, 4.69) is 40.7 Å². The van der Waals surface area contributed by atoms with Crippen molar-refractivity contribution >= 4 is 5.97 Å². The van der Waals surface area contributed by atoms with Gasteiger partial charge in [-0.25, -0.2) is 0 Å². The van der Waals surface area contributed by atoms with Crippen LogP contribution in [0.5, 0.6) is 0 Å². The third-order valence-corrected chi connectivity index (χ3v) is 17.5. The van der Waals surface area contributed by atoms with Gasteiger partial charge in [-0.3, -0.25) is 4.79 Å². The van der Waals surface area contributed by atoms with Crippen molar-refractivity contribution < 1.29 is 74.7 Å². The van der Waals surface area contributed by atoms with Crippen molar-refractivity contribution in [1.82, 2.24) is 0 Å². The number of hydrogen-bond donors (Lipinski definition) is 9. The topological polar surface area (TPSA) is 245 Å². The van der Waals surface area contributed by atoms with Gasteiger partial charge in [-0.2, -0.15) is 9.78 Å². The lowest BCUT2D eigenvalue weighted by atomic mass is 9.33. The van der Waals surface area contributed by atoms with E-state index in [-0.39, 0.29) is 45.8 Å². The van der Waals surface area contributed by atoms with Crippen molar-refractivity contribution in [1.29, 1.82) is 0 Å². The van der Waals surface area contributed by atoms with Crippen LogP contribution in [0.4, 0.5) is 0 Å². The minimum absolute atomic E-state index is 0.0313. The van der Waals surface area contributed by atoms with Crippen LogP contribution < -0.4 is 0 Å². The number of hydrogen-bond acceptors (Lipinski definition) is 14. The predicted molar refractivity (Wildman–Crippen MR) is 200 cm³/mol. The van der Waals surface area contributed by atoms with Crippen molar-refractivity contribution in [3.8, 4) is 0 Å². The molecule has 9 N–H and O–H groups in total. The molecule has 326 valence electrons. The molecular formula is C42H68O15. The number of carboxylic acids is 1. The molecule has 2 aliphatic heterocycles. The summed E-state index contributed by atoms with van der Waals surface area (Å²) in [6, 6.07) is 0. The molecule has 2 unspecified atom stereocenters. The van der Waals surface area contributed by atoms with Crippen LogP contribution in [0.1, 0.15) is 113 Å². The first-order valence-corrected chi connectivity index (χ1v) is 21.1. The predicted octanol–water partition coefficient (Wildman–Crippen LogP) is 2.13. The van der Waals surface area contributed by atoms with Crippen LogP contribution in [-0.2, 0) is 28.8 Å². The molecule has 0 amide bonds. The van der Waals surface area contributed by atoms with Crippen molar-refractivity contribution in [3.63, 3.8) is 0 Å². The minimum atomic E-state index is -1.78. The first kappa shape index (κ1) is 43.8. The SMILES string of the molecule is CC1(C)CC[C@]2(C(=O)O)CC[C@]3(C)C(=CC[C@@H]4[C@@]5(C)CC[C@@](OOC6O[C@H](CO)[C@@H](O)[C@H](O)[C@H]6O)(OC6O[C@H](CO)[C@@H](O)[C@H](O)[C@H]6O)C(C)(C)[C@@H]5CC[C@]43C)[C@@H]2C1. The first-order valence-electron chi connectivity index (χ1n) is 21.1. The Morgan fingerprint density at radius 3 is 1.89 bits per heavy atom. The second kappa shape index (κ2) is 14.7. The molecule has 0 bridgehead atoms. The molecule has 0 aromatic heterocycles. The summed E-state index contributed by atoms with van der Waals surface area (Å²) in [5.41, 5.74) is -1.08. The van der Waals surface area contributed by atoms with Gasteiger partial charge >= 0.3 is 5.97 Å². The zero-order chi connectivity index (χ0) is 41.9. The van der Waals surface area contributed by atoms with E-state index >= 15 is 0 Å². The number of carboxylic acid groups (broad SMARTS) is 1. The van der Waals surface area contributed by atoms with Gasteiger partial charge in [-0.1, -0.05) is 60.1 Å². The van der Waals surface area contributed by atoms with Crippen molar-refractivity contribution in [2.24, 2.45) is 50.2 Å². The number of ether oxygens (including phenoxy) is 3. The molecule has 57 heavy (non-hydrogen) atoms. The number of aliphatic carboxylic acids is 1. The van der Waals surface area contributed by atoms with Gasteiger partial charge < -0.3 is 60.2 Å². The van der Waals surface area contributed by atoms with Gasteiger partial charge in [0.05, 0.1) is 18.6 Å². The molecule has 2 heterocycles. The molecule has 15 heteroatoms. The monoisotopic (exact) mass is 812 g/mol. The lowest BCUT2D eigenvalue weighted by Crippen LogP contribution is -2.70. The molecule has 0 spiro atoms. The molecule has 2 saturated heterocycles. The van der Waals surface area contributed by atoms with Gasteiger partial charge in [0, 0.05) is 11.8 Å². The highest BCUT2D eigenvalue weighted by Gasteiger charge is 2.72. The van der Waals surface area contributed by atoms with Crippen molar-refractivity contribution in [2.75, 3.05) is 13.2 Å². The Bertz CT molecular complexity index is 1550. The van der Waals surface area contributed by atoms with E-state index in [1.165, 1.54) is 5.57 Å². The summed E-state index contributed by atoms with van der Waals surface area (Å²) in [4.78, 5) is 25.2. The van der Waals surface area contributed by atoms with Crippen LogP contribution in [0.15, 0.2) is 11.6 Å². The number of aliphatic hydroxyl groups is 8. The second-order valence-corrected chi connectivity index (χ2v) is 20.8. The molecular weight excluding hydrogens is 744 g/mol. The Kier molecular flexibility index (Phi) is 11.3. The average molecular weight is 813 g/mol. The number of fused-ring (bicyclic) bond motifs is 7. The van der Waals surface area contributed by atoms with Crippen LogP contribution >= 0.6 is 0 Å². The van der Waals surface area contributed by atoms with Gasteiger partial charge in [0.1, 0.15) is 48.8 Å². The van der Waals surface area contributed by atoms with E-state index in [9.17, 15) is 50.8 Å². The minimum Gasteiger partial charge on any atom is -0.481 e. The number of aliphatic hydroxyl groups excluding tert-OH is 8. The average Bonchev–Trinajstić information content (AvgIpc) is 3.15. The maximum absolute atomic E-state index is 13.1. The van der Waals surface area contributed by atoms with Gasteiger partial charge in [-0.05, 0) is 97.2 Å².